The van der Waals surface area contributed by atoms with Gasteiger partial charge in [-0.3, -0.25) is 4.79 Å². The molecule has 1 aliphatic carbocycles. The number of nitrogens with zero attached hydrogens (tertiary/aromatic N) is 3. The maximum atomic E-state index is 13.4. The molecule has 2 N–H and O–H groups in total. The number of benzene rings is 1. The van der Waals surface area contributed by atoms with Crippen molar-refractivity contribution in [3.05, 3.63) is 41.7 Å². The van der Waals surface area contributed by atoms with E-state index in [0.717, 1.165) is 57.1 Å². The number of nitrogen functional groups attached to an aromatic ring is 1. The fourth-order valence-corrected chi connectivity index (χ4v) is 4.81. The number of likely N-dealkylation sites (tertiary alicyclic amines) is 1. The Hall–Kier alpha value is -2.64. The lowest BCUT2D eigenvalue weighted by molar-refractivity contribution is -0.140. The molecule has 0 radical (unpaired) electrons. The molecule has 1 atom stereocenters. The molecule has 1 aromatic carbocycles. The van der Waals surface area contributed by atoms with Crippen LogP contribution in [0.2, 0.25) is 0 Å². The summed E-state index contributed by atoms with van der Waals surface area (Å²) < 4.78 is 39.8. The van der Waals surface area contributed by atoms with E-state index in [4.69, 9.17) is 5.73 Å². The molecule has 2 fully saturated rings. The number of anilines is 1. The maximum Gasteiger partial charge on any atom is 0.416 e. The van der Waals surface area contributed by atoms with Gasteiger partial charge in [-0.1, -0.05) is 31.4 Å². The number of aromatic nitrogens is 2. The molecule has 1 aliphatic heterocycles. The van der Waals surface area contributed by atoms with Crippen LogP contribution in [0.3, 0.4) is 0 Å². The van der Waals surface area contributed by atoms with Crippen LogP contribution in [0.5, 0.6) is 0 Å². The number of rotatable bonds is 3. The summed E-state index contributed by atoms with van der Waals surface area (Å²) in [5.74, 6) is 0.212. The number of nitrogens with two attached hydrogens (primary N) is 1. The van der Waals surface area contributed by atoms with Crippen molar-refractivity contribution in [1.82, 2.24) is 14.9 Å². The Morgan fingerprint density at radius 1 is 1.06 bits per heavy atom. The lowest BCUT2D eigenvalue weighted by atomic mass is 9.86. The third kappa shape index (κ3) is 4.67. The number of alkyl halides is 3. The first-order valence-electron chi connectivity index (χ1n) is 10.9. The third-order valence-corrected chi connectivity index (χ3v) is 6.39. The average Bonchev–Trinajstić information content (AvgIpc) is 2.78. The van der Waals surface area contributed by atoms with Gasteiger partial charge in [0.15, 0.2) is 0 Å². The Balaban J connectivity index is 1.73. The molecule has 2 aromatic rings. The zero-order valence-electron chi connectivity index (χ0n) is 17.4. The maximum absolute atomic E-state index is 13.4. The second kappa shape index (κ2) is 8.85. The normalized spacial score (nSPS) is 20.6. The molecular formula is C23H27F3N4O. The van der Waals surface area contributed by atoms with Crippen molar-refractivity contribution < 1.29 is 18.0 Å². The number of carbonyl (C=O) groups is 1. The van der Waals surface area contributed by atoms with Gasteiger partial charge in [-0.15, -0.1) is 0 Å². The SMILES string of the molecule is Nc1ncc(-c2cccc(C(F)(F)F)c2)c([C@@H]2CCCCN2C(=O)C2CCCCC2)n1. The molecule has 1 amide bonds. The number of hydrogen-bond acceptors (Lipinski definition) is 4. The minimum atomic E-state index is -4.45. The van der Waals surface area contributed by atoms with Crippen molar-refractivity contribution in [3.8, 4) is 11.1 Å². The fraction of sp³-hybridized carbons (Fsp3) is 0.522. The van der Waals surface area contributed by atoms with E-state index in [1.54, 1.807) is 6.07 Å². The van der Waals surface area contributed by atoms with E-state index in [9.17, 15) is 18.0 Å². The van der Waals surface area contributed by atoms with Gasteiger partial charge in [-0.2, -0.15) is 13.2 Å². The highest BCUT2D eigenvalue weighted by molar-refractivity contribution is 5.80. The molecule has 1 saturated heterocycles. The van der Waals surface area contributed by atoms with Crippen molar-refractivity contribution in [2.75, 3.05) is 12.3 Å². The first-order valence-corrected chi connectivity index (χ1v) is 10.9. The quantitative estimate of drug-likeness (QED) is 0.707. The summed E-state index contributed by atoms with van der Waals surface area (Å²) in [6, 6.07) is 4.83. The second-order valence-corrected chi connectivity index (χ2v) is 8.48. The van der Waals surface area contributed by atoms with Gasteiger partial charge in [-0.05, 0) is 49.8 Å². The van der Waals surface area contributed by atoms with Gasteiger partial charge >= 0.3 is 6.18 Å². The molecule has 31 heavy (non-hydrogen) atoms. The van der Waals surface area contributed by atoms with Gasteiger partial charge in [0.25, 0.3) is 0 Å². The molecule has 4 rings (SSSR count). The topological polar surface area (TPSA) is 72.1 Å². The molecule has 1 saturated carbocycles. The van der Waals surface area contributed by atoms with Gasteiger partial charge in [0.05, 0.1) is 17.3 Å². The van der Waals surface area contributed by atoms with Crippen LogP contribution in [0.25, 0.3) is 11.1 Å². The van der Waals surface area contributed by atoms with E-state index in [-0.39, 0.29) is 23.8 Å². The molecule has 0 bridgehead atoms. The summed E-state index contributed by atoms with van der Waals surface area (Å²) in [5.41, 5.74) is 6.55. The Labute approximate surface area is 179 Å². The van der Waals surface area contributed by atoms with Crippen LogP contribution in [0.1, 0.15) is 68.7 Å². The molecule has 2 aliphatic rings. The fourth-order valence-electron chi connectivity index (χ4n) is 4.81. The predicted octanol–water partition coefficient (Wildman–Crippen LogP) is 5.38. The number of piperidine rings is 1. The molecule has 8 heteroatoms. The molecule has 0 spiro atoms. The van der Waals surface area contributed by atoms with Gasteiger partial charge < -0.3 is 10.6 Å². The zero-order chi connectivity index (χ0) is 22.0. The monoisotopic (exact) mass is 432 g/mol. The lowest BCUT2D eigenvalue weighted by Gasteiger charge is -2.39. The summed E-state index contributed by atoms with van der Waals surface area (Å²) in [4.78, 5) is 23.7. The summed E-state index contributed by atoms with van der Waals surface area (Å²) in [7, 11) is 0. The van der Waals surface area contributed by atoms with Crippen molar-refractivity contribution in [1.29, 1.82) is 0 Å². The van der Waals surface area contributed by atoms with E-state index < -0.39 is 11.7 Å². The van der Waals surface area contributed by atoms with E-state index >= 15 is 0 Å². The van der Waals surface area contributed by atoms with Crippen LogP contribution in [-0.2, 0) is 11.0 Å². The summed E-state index contributed by atoms with van der Waals surface area (Å²) in [6.45, 7) is 0.631. The third-order valence-electron chi connectivity index (χ3n) is 6.39. The van der Waals surface area contributed by atoms with Gasteiger partial charge in [0, 0.05) is 24.2 Å². The smallest absolute Gasteiger partial charge is 0.368 e. The second-order valence-electron chi connectivity index (χ2n) is 8.48. The minimum Gasteiger partial charge on any atom is -0.368 e. The van der Waals surface area contributed by atoms with E-state index in [1.807, 2.05) is 4.90 Å². The van der Waals surface area contributed by atoms with Crippen molar-refractivity contribution in [2.24, 2.45) is 5.92 Å². The Morgan fingerprint density at radius 3 is 2.55 bits per heavy atom. The van der Waals surface area contributed by atoms with Gasteiger partial charge in [0.2, 0.25) is 11.9 Å². The van der Waals surface area contributed by atoms with Crippen molar-refractivity contribution in [2.45, 2.75) is 63.6 Å². The van der Waals surface area contributed by atoms with Crippen molar-refractivity contribution in [3.63, 3.8) is 0 Å². The Kier molecular flexibility index (Phi) is 6.16. The van der Waals surface area contributed by atoms with E-state index in [0.29, 0.717) is 29.8 Å². The summed E-state index contributed by atoms with van der Waals surface area (Å²) in [5, 5.41) is 0. The van der Waals surface area contributed by atoms with Crippen LogP contribution in [-0.4, -0.2) is 27.3 Å². The molecule has 1 aromatic heterocycles. The van der Waals surface area contributed by atoms with Gasteiger partial charge in [-0.25, -0.2) is 9.97 Å². The highest BCUT2D eigenvalue weighted by Gasteiger charge is 2.36. The Morgan fingerprint density at radius 2 is 1.81 bits per heavy atom. The number of amides is 1. The van der Waals surface area contributed by atoms with Crippen LogP contribution < -0.4 is 5.73 Å². The molecular weight excluding hydrogens is 405 g/mol. The van der Waals surface area contributed by atoms with Crippen molar-refractivity contribution >= 4 is 11.9 Å². The predicted molar refractivity (Wildman–Crippen MR) is 112 cm³/mol. The van der Waals surface area contributed by atoms with Crippen LogP contribution in [0, 0.1) is 5.92 Å². The largest absolute Gasteiger partial charge is 0.416 e. The summed E-state index contributed by atoms with van der Waals surface area (Å²) in [6.07, 6.45) is 4.65. The highest BCUT2D eigenvalue weighted by atomic mass is 19.4. The minimum absolute atomic E-state index is 0.0190. The van der Waals surface area contributed by atoms with Crippen LogP contribution in [0.4, 0.5) is 19.1 Å². The Bertz CT molecular complexity index is 941. The number of hydrogen-bond donors (Lipinski definition) is 1. The average molecular weight is 432 g/mol. The number of carbonyl (C=O) groups excluding carboxylic acids is 1. The number of halogens is 3. The first kappa shape index (κ1) is 21.6. The standard InChI is InChI=1S/C23H27F3N4O/c24-23(25,26)17-10-6-9-16(13-17)18-14-28-22(27)29-20(18)19-11-4-5-12-30(19)21(31)15-7-2-1-3-8-15/h6,9-10,13-15,19H,1-5,7-8,11-12H2,(H2,27,28,29)/t19-/m0/s1. The molecule has 5 nitrogen and oxygen atoms in total. The van der Waals surface area contributed by atoms with Crippen LogP contribution in [0.15, 0.2) is 30.5 Å². The molecule has 0 unspecified atom stereocenters. The first-order chi connectivity index (χ1) is 14.8. The summed E-state index contributed by atoms with van der Waals surface area (Å²) >= 11 is 0. The zero-order valence-corrected chi connectivity index (χ0v) is 17.4. The van der Waals surface area contributed by atoms with Crippen LogP contribution >= 0.6 is 0 Å². The lowest BCUT2D eigenvalue weighted by Crippen LogP contribution is -2.43. The van der Waals surface area contributed by atoms with Gasteiger partial charge in [0.1, 0.15) is 0 Å². The highest BCUT2D eigenvalue weighted by Crippen LogP contribution is 2.39. The molecule has 166 valence electrons. The molecule has 2 heterocycles. The van der Waals surface area contributed by atoms with E-state index in [1.165, 1.54) is 12.3 Å². The van der Waals surface area contributed by atoms with E-state index in [2.05, 4.69) is 9.97 Å².